The van der Waals surface area contributed by atoms with Gasteiger partial charge in [-0.3, -0.25) is 0 Å². The maximum Gasteiger partial charge on any atom is 0.528 e. The zero-order chi connectivity index (χ0) is 8.15. The molecule has 0 amide bonds. The molecular formula is C3H2Cd2O7. The third-order valence-corrected chi connectivity index (χ3v) is 0.341. The van der Waals surface area contributed by atoms with Gasteiger partial charge < -0.3 is 19.7 Å². The quantitative estimate of drug-likeness (QED) is 0.360. The fraction of sp³-hybridized carbons (Fsp3) is 0. The van der Waals surface area contributed by atoms with Crippen LogP contribution in [0.1, 0.15) is 0 Å². The van der Waals surface area contributed by atoms with E-state index < -0.39 is 18.5 Å². The standard InChI is InChI=1S/C3H2O7.2Cd/c4-1(5)9-3(8)10-2(6)7;;/h(H,4,5)(H,6,7);;. The van der Waals surface area contributed by atoms with E-state index in [1.807, 2.05) is 0 Å². The molecular weight excluding hydrogens is 373 g/mol. The molecule has 9 heteroatoms. The van der Waals surface area contributed by atoms with Crippen LogP contribution in [0.3, 0.4) is 0 Å². The minimum atomic E-state index is -1.92. The molecule has 0 aliphatic heterocycles. The van der Waals surface area contributed by atoms with Gasteiger partial charge in [0.05, 0.1) is 0 Å². The van der Waals surface area contributed by atoms with Crippen molar-refractivity contribution in [2.75, 3.05) is 0 Å². The summed E-state index contributed by atoms with van der Waals surface area (Å²) in [6.45, 7) is 0. The van der Waals surface area contributed by atoms with Crippen LogP contribution in [-0.2, 0) is 64.1 Å². The van der Waals surface area contributed by atoms with E-state index in [0.29, 0.717) is 0 Å². The Morgan fingerprint density at radius 1 is 0.833 bits per heavy atom. The molecule has 60 valence electrons. The van der Waals surface area contributed by atoms with Crippen molar-refractivity contribution in [3.8, 4) is 0 Å². The first-order chi connectivity index (χ1) is 4.52. The molecule has 0 saturated carbocycles. The molecule has 12 heavy (non-hydrogen) atoms. The molecule has 0 aliphatic rings. The van der Waals surface area contributed by atoms with Crippen molar-refractivity contribution >= 4 is 18.5 Å². The number of hydrogen-bond donors (Lipinski definition) is 2. The zero-order valence-corrected chi connectivity index (χ0v) is 13.9. The Bertz CT molecular complexity index is 159. The minimum Gasteiger partial charge on any atom is -0.449 e. The van der Waals surface area contributed by atoms with Crippen LogP contribution in [0.15, 0.2) is 0 Å². The van der Waals surface area contributed by atoms with E-state index in [-0.39, 0.29) is 54.6 Å². The average molecular weight is 375 g/mol. The molecule has 0 aliphatic carbocycles. The van der Waals surface area contributed by atoms with Crippen LogP contribution in [-0.4, -0.2) is 28.7 Å². The van der Waals surface area contributed by atoms with E-state index in [2.05, 4.69) is 9.47 Å². The van der Waals surface area contributed by atoms with Gasteiger partial charge in [-0.2, -0.15) is 0 Å². The molecule has 0 saturated heterocycles. The summed E-state index contributed by atoms with van der Waals surface area (Å²) in [4.78, 5) is 28.8. The summed E-state index contributed by atoms with van der Waals surface area (Å²) >= 11 is 0. The average Bonchev–Trinajstić information content (AvgIpc) is 1.58. The molecule has 0 fully saturated rings. The predicted molar refractivity (Wildman–Crippen MR) is 23.6 cm³/mol. The van der Waals surface area contributed by atoms with Crippen molar-refractivity contribution in [2.45, 2.75) is 0 Å². The van der Waals surface area contributed by atoms with E-state index in [4.69, 9.17) is 10.2 Å². The van der Waals surface area contributed by atoms with Crippen LogP contribution in [0.25, 0.3) is 0 Å². The van der Waals surface area contributed by atoms with E-state index in [9.17, 15) is 14.4 Å². The maximum absolute atomic E-state index is 9.86. The van der Waals surface area contributed by atoms with Crippen molar-refractivity contribution in [3.63, 3.8) is 0 Å². The van der Waals surface area contributed by atoms with Crippen LogP contribution in [0, 0.1) is 0 Å². The second-order valence-electron chi connectivity index (χ2n) is 0.986. The van der Waals surface area contributed by atoms with Gasteiger partial charge in [0.15, 0.2) is 0 Å². The third-order valence-electron chi connectivity index (χ3n) is 0.341. The Kier molecular flexibility index (Phi) is 13.7. The van der Waals surface area contributed by atoms with Crippen LogP contribution in [0.4, 0.5) is 14.4 Å². The van der Waals surface area contributed by atoms with E-state index in [0.717, 1.165) is 0 Å². The summed E-state index contributed by atoms with van der Waals surface area (Å²) in [5.74, 6) is 0. The Morgan fingerprint density at radius 3 is 1.25 bits per heavy atom. The van der Waals surface area contributed by atoms with Gasteiger partial charge in [-0.25, -0.2) is 14.4 Å². The monoisotopic (exact) mass is 378 g/mol. The summed E-state index contributed by atoms with van der Waals surface area (Å²) in [5, 5.41) is 15.4. The fourth-order valence-corrected chi connectivity index (χ4v) is 0.163. The van der Waals surface area contributed by atoms with Gasteiger partial charge in [-0.1, -0.05) is 0 Å². The van der Waals surface area contributed by atoms with Gasteiger partial charge in [0.2, 0.25) is 0 Å². The van der Waals surface area contributed by atoms with Crippen molar-refractivity contribution in [3.05, 3.63) is 0 Å². The van der Waals surface area contributed by atoms with Crippen LogP contribution < -0.4 is 0 Å². The number of rotatable bonds is 0. The molecule has 0 unspecified atom stereocenters. The third kappa shape index (κ3) is 12.7. The first-order valence-electron chi connectivity index (χ1n) is 1.88. The Balaban J connectivity index is -0.000000405. The largest absolute Gasteiger partial charge is 0.528 e. The van der Waals surface area contributed by atoms with Crippen molar-refractivity contribution in [2.24, 2.45) is 0 Å². The molecule has 0 aromatic rings. The van der Waals surface area contributed by atoms with E-state index in [1.165, 1.54) is 0 Å². The molecule has 0 bridgehead atoms. The molecule has 0 spiro atoms. The number of carboxylic acid groups (broad SMARTS) is 2. The molecule has 0 atom stereocenters. The molecule has 0 aromatic carbocycles. The molecule has 7 nitrogen and oxygen atoms in total. The second kappa shape index (κ2) is 9.14. The normalized spacial score (nSPS) is 6.67. The smallest absolute Gasteiger partial charge is 0.449 e. The zero-order valence-electron chi connectivity index (χ0n) is 5.85. The first-order valence-corrected chi connectivity index (χ1v) is 1.88. The summed E-state index contributed by atoms with van der Waals surface area (Å²) in [7, 11) is 0. The van der Waals surface area contributed by atoms with Crippen LogP contribution in [0.2, 0.25) is 0 Å². The molecule has 0 rings (SSSR count). The molecule has 0 radical (unpaired) electrons. The van der Waals surface area contributed by atoms with Crippen molar-refractivity contribution < 1.29 is 88.7 Å². The Hall–Kier alpha value is 0.0542. The van der Waals surface area contributed by atoms with Gasteiger partial charge in [-0.05, 0) is 0 Å². The fourth-order valence-electron chi connectivity index (χ4n) is 0.163. The van der Waals surface area contributed by atoms with Crippen LogP contribution >= 0.6 is 0 Å². The predicted octanol–water partition coefficient (Wildman–Crippen LogP) is 0.491. The summed E-state index contributed by atoms with van der Waals surface area (Å²) < 4.78 is 6.47. The second-order valence-corrected chi connectivity index (χ2v) is 0.986. The van der Waals surface area contributed by atoms with Gasteiger partial charge >= 0.3 is 18.5 Å². The van der Waals surface area contributed by atoms with E-state index in [1.54, 1.807) is 0 Å². The summed E-state index contributed by atoms with van der Waals surface area (Å²) in [5.41, 5.74) is 0. The molecule has 2 N–H and O–H groups in total. The van der Waals surface area contributed by atoms with Gasteiger partial charge in [0.25, 0.3) is 0 Å². The minimum absolute atomic E-state index is 0. The van der Waals surface area contributed by atoms with Gasteiger partial charge in [-0.15, -0.1) is 0 Å². The Labute approximate surface area is 106 Å². The maximum atomic E-state index is 9.86. The number of carbonyl (C=O) groups excluding carboxylic acids is 1. The first kappa shape index (κ1) is 18.0. The summed E-state index contributed by atoms with van der Waals surface area (Å²) in [6.07, 6.45) is -5.64. The SMILES string of the molecule is O=C(O)OC(=O)OC(=O)O.[Cd].[Cd]. The summed E-state index contributed by atoms with van der Waals surface area (Å²) in [6, 6.07) is 0. The van der Waals surface area contributed by atoms with E-state index >= 15 is 0 Å². The molecule has 0 heterocycles. The van der Waals surface area contributed by atoms with Crippen LogP contribution in [0.5, 0.6) is 0 Å². The van der Waals surface area contributed by atoms with Crippen molar-refractivity contribution in [1.82, 2.24) is 0 Å². The van der Waals surface area contributed by atoms with Gasteiger partial charge in [0, 0.05) is 54.6 Å². The number of hydrogen-bond acceptors (Lipinski definition) is 5. The Morgan fingerprint density at radius 2 is 1.08 bits per heavy atom. The van der Waals surface area contributed by atoms with Crippen molar-refractivity contribution in [1.29, 1.82) is 0 Å². The number of ether oxygens (including phenoxy) is 2. The molecule has 0 aromatic heterocycles. The number of carbonyl (C=O) groups is 3. The topological polar surface area (TPSA) is 110 Å². The van der Waals surface area contributed by atoms with Gasteiger partial charge in [0.1, 0.15) is 0 Å².